The van der Waals surface area contributed by atoms with E-state index in [1.807, 2.05) is 12.1 Å². The lowest BCUT2D eigenvalue weighted by atomic mass is 9.95. The molecule has 7 nitrogen and oxygen atoms in total. The van der Waals surface area contributed by atoms with Crippen LogP contribution in [0.4, 0.5) is 17.6 Å². The van der Waals surface area contributed by atoms with E-state index in [-0.39, 0.29) is 11.5 Å². The number of carbonyl (C=O) groups is 1. The van der Waals surface area contributed by atoms with E-state index in [0.717, 1.165) is 49.4 Å². The lowest BCUT2D eigenvalue weighted by Gasteiger charge is -2.31. The number of aliphatic carboxylic acids is 1. The van der Waals surface area contributed by atoms with Gasteiger partial charge in [-0.05, 0) is 68.2 Å². The quantitative estimate of drug-likeness (QED) is 0.308. The summed E-state index contributed by atoms with van der Waals surface area (Å²) >= 11 is 6.07. The Bertz CT molecular complexity index is 1480. The summed E-state index contributed by atoms with van der Waals surface area (Å²) < 4.78 is 45.1. The predicted octanol–water partition coefficient (Wildman–Crippen LogP) is 5.25. The standard InChI is InChI=1S/C23H22ClFN4O.C2HF3O2/c24-16-1-3-18-15(13-26-21(18)11-16)7-10-29-8-5-14(6-9-29)22-27-20-4-2-17(25)12-19(20)23(30)28-22;3-2(4,5)1(6)7/h1-4,11-14,26H,5-10H2,(H,27,28,30);(H,6,7). The second-order valence-corrected chi connectivity index (χ2v) is 9.22. The van der Waals surface area contributed by atoms with Crippen LogP contribution in [0.3, 0.4) is 0 Å². The summed E-state index contributed by atoms with van der Waals surface area (Å²) in [6.07, 6.45) is -0.151. The summed E-state index contributed by atoms with van der Waals surface area (Å²) in [6.45, 7) is 2.91. The number of hydrogen-bond donors (Lipinski definition) is 3. The van der Waals surface area contributed by atoms with Gasteiger partial charge in [0.05, 0.1) is 10.9 Å². The second kappa shape index (κ2) is 10.9. The molecular weight excluding hydrogens is 516 g/mol. The van der Waals surface area contributed by atoms with E-state index >= 15 is 0 Å². The molecule has 1 aliphatic heterocycles. The molecular formula is C25H23ClF4N4O3. The fourth-order valence-electron chi connectivity index (χ4n) is 4.40. The molecule has 12 heteroatoms. The average molecular weight is 539 g/mol. The number of piperidine rings is 1. The minimum Gasteiger partial charge on any atom is -0.475 e. The Morgan fingerprint density at radius 2 is 1.84 bits per heavy atom. The molecule has 196 valence electrons. The van der Waals surface area contributed by atoms with Crippen molar-refractivity contribution in [3.05, 3.63) is 75.2 Å². The topological polar surface area (TPSA) is 102 Å². The van der Waals surface area contributed by atoms with Crippen LogP contribution in [0.25, 0.3) is 21.8 Å². The molecule has 0 radical (unpaired) electrons. The van der Waals surface area contributed by atoms with Gasteiger partial charge in [-0.3, -0.25) is 4.79 Å². The molecule has 1 saturated heterocycles. The van der Waals surface area contributed by atoms with Crippen molar-refractivity contribution in [3.8, 4) is 0 Å². The summed E-state index contributed by atoms with van der Waals surface area (Å²) in [6, 6.07) is 10.1. The molecule has 2 aromatic heterocycles. The molecule has 2 aromatic carbocycles. The number of carboxylic acid groups (broad SMARTS) is 1. The van der Waals surface area contributed by atoms with Gasteiger partial charge in [-0.1, -0.05) is 17.7 Å². The van der Waals surface area contributed by atoms with E-state index in [9.17, 15) is 22.4 Å². The van der Waals surface area contributed by atoms with Crippen molar-refractivity contribution in [3.63, 3.8) is 0 Å². The lowest BCUT2D eigenvalue weighted by molar-refractivity contribution is -0.192. The van der Waals surface area contributed by atoms with Crippen LogP contribution in [0, 0.1) is 5.82 Å². The number of hydrogen-bond acceptors (Lipinski definition) is 4. The third kappa shape index (κ3) is 6.47. The van der Waals surface area contributed by atoms with E-state index in [2.05, 4.69) is 32.1 Å². The number of H-pyrrole nitrogens is 2. The summed E-state index contributed by atoms with van der Waals surface area (Å²) in [5.74, 6) is -2.24. The number of aromatic amines is 2. The number of carboxylic acids is 1. The van der Waals surface area contributed by atoms with Crippen LogP contribution < -0.4 is 5.56 Å². The number of fused-ring (bicyclic) bond motifs is 2. The first-order valence-electron chi connectivity index (χ1n) is 11.5. The second-order valence-electron chi connectivity index (χ2n) is 8.79. The van der Waals surface area contributed by atoms with Crippen LogP contribution >= 0.6 is 11.6 Å². The minimum absolute atomic E-state index is 0.221. The first-order chi connectivity index (χ1) is 17.5. The van der Waals surface area contributed by atoms with Crippen molar-refractivity contribution in [2.45, 2.75) is 31.4 Å². The molecule has 0 unspecified atom stereocenters. The van der Waals surface area contributed by atoms with Gasteiger partial charge < -0.3 is 20.0 Å². The van der Waals surface area contributed by atoms with Gasteiger partial charge in [0.15, 0.2) is 0 Å². The van der Waals surface area contributed by atoms with Gasteiger partial charge in [-0.15, -0.1) is 0 Å². The summed E-state index contributed by atoms with van der Waals surface area (Å²) in [7, 11) is 0. The zero-order valence-corrected chi connectivity index (χ0v) is 20.2. The van der Waals surface area contributed by atoms with Gasteiger partial charge in [-0.2, -0.15) is 13.2 Å². The van der Waals surface area contributed by atoms with Gasteiger partial charge in [0.2, 0.25) is 0 Å². The predicted molar refractivity (Wildman–Crippen MR) is 131 cm³/mol. The van der Waals surface area contributed by atoms with E-state index in [0.29, 0.717) is 16.7 Å². The number of nitrogens with one attached hydrogen (secondary N) is 2. The van der Waals surface area contributed by atoms with Gasteiger partial charge in [0.1, 0.15) is 11.6 Å². The lowest BCUT2D eigenvalue weighted by Crippen LogP contribution is -2.35. The van der Waals surface area contributed by atoms with Crippen molar-refractivity contribution in [1.82, 2.24) is 19.9 Å². The monoisotopic (exact) mass is 538 g/mol. The van der Waals surface area contributed by atoms with Crippen LogP contribution in [-0.2, 0) is 11.2 Å². The molecule has 0 amide bonds. The minimum atomic E-state index is -5.08. The Balaban J connectivity index is 0.000000405. The van der Waals surface area contributed by atoms with E-state index < -0.39 is 18.0 Å². The third-order valence-electron chi connectivity index (χ3n) is 6.33. The van der Waals surface area contributed by atoms with Crippen LogP contribution in [0.1, 0.15) is 30.1 Å². The molecule has 37 heavy (non-hydrogen) atoms. The average Bonchev–Trinajstić information content (AvgIpc) is 3.25. The zero-order chi connectivity index (χ0) is 26.7. The van der Waals surface area contributed by atoms with Gasteiger partial charge in [-0.25, -0.2) is 14.2 Å². The molecule has 5 rings (SSSR count). The van der Waals surface area contributed by atoms with Crippen LogP contribution in [0.15, 0.2) is 47.4 Å². The highest BCUT2D eigenvalue weighted by molar-refractivity contribution is 6.31. The molecule has 3 heterocycles. The first kappa shape index (κ1) is 26.6. The smallest absolute Gasteiger partial charge is 0.475 e. The highest BCUT2D eigenvalue weighted by Crippen LogP contribution is 2.27. The number of likely N-dealkylation sites (tertiary alicyclic amines) is 1. The Kier molecular flexibility index (Phi) is 7.84. The van der Waals surface area contributed by atoms with Crippen LogP contribution in [-0.4, -0.2) is 56.7 Å². The van der Waals surface area contributed by atoms with E-state index in [1.165, 1.54) is 23.1 Å². The SMILES string of the molecule is O=C(O)C(F)(F)F.O=c1[nH]c(C2CCN(CCc3c[nH]c4cc(Cl)ccc34)CC2)nc2ccc(F)cc12. The van der Waals surface area contributed by atoms with Crippen molar-refractivity contribution in [1.29, 1.82) is 0 Å². The van der Waals surface area contributed by atoms with Crippen molar-refractivity contribution >= 4 is 39.4 Å². The van der Waals surface area contributed by atoms with Crippen molar-refractivity contribution in [2.24, 2.45) is 0 Å². The summed E-state index contributed by atoms with van der Waals surface area (Å²) in [4.78, 5) is 34.5. The van der Waals surface area contributed by atoms with Crippen molar-refractivity contribution in [2.75, 3.05) is 19.6 Å². The van der Waals surface area contributed by atoms with Crippen LogP contribution in [0.5, 0.6) is 0 Å². The Morgan fingerprint density at radius 3 is 2.51 bits per heavy atom. The molecule has 0 saturated carbocycles. The highest BCUT2D eigenvalue weighted by Gasteiger charge is 2.38. The molecule has 1 aliphatic rings. The van der Waals surface area contributed by atoms with Gasteiger partial charge >= 0.3 is 12.1 Å². The number of nitrogens with zero attached hydrogens (tertiary/aromatic N) is 2. The Hall–Kier alpha value is -3.44. The largest absolute Gasteiger partial charge is 0.490 e. The number of rotatable bonds is 4. The molecule has 0 spiro atoms. The normalized spacial score (nSPS) is 15.1. The summed E-state index contributed by atoms with van der Waals surface area (Å²) in [5.41, 5.74) is 2.66. The van der Waals surface area contributed by atoms with Crippen molar-refractivity contribution < 1.29 is 27.5 Å². The highest BCUT2D eigenvalue weighted by atomic mass is 35.5. The van der Waals surface area contributed by atoms with Gasteiger partial charge in [0, 0.05) is 34.6 Å². The fraction of sp³-hybridized carbons (Fsp3) is 0.320. The number of aromatic nitrogens is 3. The first-order valence-corrected chi connectivity index (χ1v) is 11.9. The summed E-state index contributed by atoms with van der Waals surface area (Å²) in [5, 5.41) is 9.39. The molecule has 0 atom stereocenters. The maximum atomic E-state index is 13.4. The number of halogens is 5. The fourth-order valence-corrected chi connectivity index (χ4v) is 4.57. The molecule has 4 aromatic rings. The Labute approximate surface area is 213 Å². The number of alkyl halides is 3. The maximum Gasteiger partial charge on any atom is 0.490 e. The molecule has 1 fully saturated rings. The third-order valence-corrected chi connectivity index (χ3v) is 6.56. The molecule has 0 aliphatic carbocycles. The molecule has 0 bridgehead atoms. The van der Waals surface area contributed by atoms with Gasteiger partial charge in [0.25, 0.3) is 5.56 Å². The molecule has 3 N–H and O–H groups in total. The van der Waals surface area contributed by atoms with Crippen LogP contribution in [0.2, 0.25) is 5.02 Å². The zero-order valence-electron chi connectivity index (χ0n) is 19.4. The van der Waals surface area contributed by atoms with E-state index in [1.54, 1.807) is 6.07 Å². The Morgan fingerprint density at radius 1 is 1.14 bits per heavy atom. The maximum absolute atomic E-state index is 13.4. The van der Waals surface area contributed by atoms with E-state index in [4.69, 9.17) is 21.5 Å². The number of benzene rings is 2.